The molecule has 2 heterocycles. The molecule has 1 aromatic carbocycles. The Labute approximate surface area is 172 Å². The summed E-state index contributed by atoms with van der Waals surface area (Å²) in [5.41, 5.74) is 2.12. The van der Waals surface area contributed by atoms with E-state index in [2.05, 4.69) is 16.3 Å². The summed E-state index contributed by atoms with van der Waals surface area (Å²) in [4.78, 5) is 43.4. The van der Waals surface area contributed by atoms with Crippen LogP contribution in [-0.2, 0) is 9.59 Å². The van der Waals surface area contributed by atoms with Gasteiger partial charge in [-0.25, -0.2) is 4.79 Å². The van der Waals surface area contributed by atoms with Crippen molar-refractivity contribution in [1.82, 2.24) is 9.80 Å². The van der Waals surface area contributed by atoms with E-state index in [1.807, 2.05) is 19.1 Å². The van der Waals surface area contributed by atoms with Crippen molar-refractivity contribution in [2.45, 2.75) is 57.4 Å². The van der Waals surface area contributed by atoms with Crippen LogP contribution in [0.3, 0.4) is 0 Å². The maximum atomic E-state index is 13.0. The molecule has 7 heteroatoms. The van der Waals surface area contributed by atoms with Crippen molar-refractivity contribution >= 4 is 29.2 Å². The lowest BCUT2D eigenvalue weighted by Gasteiger charge is -2.35. The smallest absolute Gasteiger partial charge is 0.327 e. The van der Waals surface area contributed by atoms with E-state index in [0.29, 0.717) is 12.8 Å². The van der Waals surface area contributed by atoms with Gasteiger partial charge in [0.2, 0.25) is 5.91 Å². The number of urea groups is 1. The van der Waals surface area contributed by atoms with E-state index in [-0.39, 0.29) is 24.4 Å². The molecule has 0 radical (unpaired) electrons. The van der Waals surface area contributed by atoms with E-state index >= 15 is 0 Å². The molecule has 2 aliphatic heterocycles. The van der Waals surface area contributed by atoms with Gasteiger partial charge in [-0.3, -0.25) is 14.5 Å². The van der Waals surface area contributed by atoms with Crippen LogP contribution < -0.4 is 10.2 Å². The van der Waals surface area contributed by atoms with E-state index in [4.69, 9.17) is 0 Å². The number of aryl methyl sites for hydroxylation is 1. The van der Waals surface area contributed by atoms with Crippen molar-refractivity contribution in [3.8, 4) is 0 Å². The minimum atomic E-state index is -0.747. The fraction of sp³-hybridized carbons (Fsp3) is 0.591. The molecule has 0 bridgehead atoms. The first-order chi connectivity index (χ1) is 13.9. The minimum absolute atomic E-state index is 0.221. The molecule has 2 saturated heterocycles. The van der Waals surface area contributed by atoms with Gasteiger partial charge in [0.15, 0.2) is 0 Å². The third-order valence-corrected chi connectivity index (χ3v) is 6.74. The molecule has 4 amide bonds. The highest BCUT2D eigenvalue weighted by molar-refractivity contribution is 6.10. The quantitative estimate of drug-likeness (QED) is 0.791. The molecule has 1 saturated carbocycles. The number of hydrogen-bond donors (Lipinski definition) is 1. The van der Waals surface area contributed by atoms with Crippen LogP contribution in [0.2, 0.25) is 0 Å². The van der Waals surface area contributed by atoms with Gasteiger partial charge in [0.25, 0.3) is 5.91 Å². The van der Waals surface area contributed by atoms with Crippen LogP contribution >= 0.6 is 0 Å². The van der Waals surface area contributed by atoms with E-state index < -0.39 is 5.54 Å². The van der Waals surface area contributed by atoms with Crippen LogP contribution in [0.15, 0.2) is 18.2 Å². The average Bonchev–Trinajstić information content (AvgIpc) is 3.31. The number of carbonyl (C=O) groups is 3. The lowest BCUT2D eigenvalue weighted by atomic mass is 9.81. The topological polar surface area (TPSA) is 73.0 Å². The highest BCUT2D eigenvalue weighted by Crippen LogP contribution is 2.39. The highest BCUT2D eigenvalue weighted by Gasteiger charge is 2.55. The molecule has 1 aliphatic carbocycles. The molecule has 4 rings (SSSR count). The van der Waals surface area contributed by atoms with Crippen LogP contribution in [0.4, 0.5) is 16.2 Å². The molecular formula is C22H30N4O3. The predicted molar refractivity (Wildman–Crippen MR) is 112 cm³/mol. The first kappa shape index (κ1) is 19.7. The van der Waals surface area contributed by atoms with Gasteiger partial charge in [0, 0.05) is 31.5 Å². The van der Waals surface area contributed by atoms with Gasteiger partial charge in [0.05, 0.1) is 0 Å². The zero-order valence-corrected chi connectivity index (χ0v) is 17.4. The van der Waals surface area contributed by atoms with Gasteiger partial charge in [-0.2, -0.15) is 0 Å². The normalized spacial score (nSPS) is 21.4. The third kappa shape index (κ3) is 3.47. The second-order valence-electron chi connectivity index (χ2n) is 8.57. The number of imide groups is 1. The third-order valence-electron chi connectivity index (χ3n) is 6.74. The van der Waals surface area contributed by atoms with Gasteiger partial charge in [-0.05, 0) is 56.4 Å². The van der Waals surface area contributed by atoms with Crippen molar-refractivity contribution in [1.29, 1.82) is 0 Å². The zero-order valence-electron chi connectivity index (χ0n) is 17.4. The Morgan fingerprint density at radius 2 is 1.76 bits per heavy atom. The zero-order chi connectivity index (χ0) is 20.6. The van der Waals surface area contributed by atoms with Crippen molar-refractivity contribution in [2.24, 2.45) is 0 Å². The molecule has 1 spiro atoms. The summed E-state index contributed by atoms with van der Waals surface area (Å²) in [7, 11) is 1.69. The number of nitrogens with zero attached hydrogens (tertiary/aromatic N) is 3. The Morgan fingerprint density at radius 1 is 1.07 bits per heavy atom. The second-order valence-corrected chi connectivity index (χ2v) is 8.57. The predicted octanol–water partition coefficient (Wildman–Crippen LogP) is 3.13. The molecule has 7 nitrogen and oxygen atoms in total. The number of carbonyl (C=O) groups excluding carboxylic acids is 3. The molecule has 3 fully saturated rings. The summed E-state index contributed by atoms with van der Waals surface area (Å²) >= 11 is 0. The van der Waals surface area contributed by atoms with Crippen LogP contribution in [-0.4, -0.2) is 59.9 Å². The standard InChI is InChI=1S/C22H30N4O3/c1-16-14-17(25-12-6-7-13-25)8-9-18(16)23-19(27)15-26-20(28)22(24(2)21(26)29)10-4-3-5-11-22/h8-9,14H,3-7,10-13,15H2,1-2H3,(H,23,27). The van der Waals surface area contributed by atoms with Gasteiger partial charge in [0.1, 0.15) is 12.1 Å². The van der Waals surface area contributed by atoms with Gasteiger partial charge >= 0.3 is 6.03 Å². The number of amides is 4. The Balaban J connectivity index is 1.43. The summed E-state index contributed by atoms with van der Waals surface area (Å²) in [5.74, 6) is -0.564. The van der Waals surface area contributed by atoms with Crippen molar-refractivity contribution < 1.29 is 14.4 Å². The number of likely N-dealkylation sites (N-methyl/N-ethyl adjacent to an activating group) is 1. The molecule has 0 atom stereocenters. The second kappa shape index (κ2) is 7.69. The molecule has 0 aromatic heterocycles. The van der Waals surface area contributed by atoms with Crippen LogP contribution in [0.5, 0.6) is 0 Å². The lowest BCUT2D eigenvalue weighted by molar-refractivity contribution is -0.136. The molecule has 29 heavy (non-hydrogen) atoms. The number of hydrogen-bond acceptors (Lipinski definition) is 4. The first-order valence-corrected chi connectivity index (χ1v) is 10.7. The number of rotatable bonds is 4. The molecular weight excluding hydrogens is 368 g/mol. The molecule has 1 N–H and O–H groups in total. The monoisotopic (exact) mass is 398 g/mol. The Morgan fingerprint density at radius 3 is 2.41 bits per heavy atom. The maximum absolute atomic E-state index is 13.0. The van der Waals surface area contributed by atoms with Crippen LogP contribution in [0, 0.1) is 6.92 Å². The van der Waals surface area contributed by atoms with E-state index in [9.17, 15) is 14.4 Å². The van der Waals surface area contributed by atoms with E-state index in [1.165, 1.54) is 18.5 Å². The molecule has 3 aliphatic rings. The summed E-state index contributed by atoms with van der Waals surface area (Å²) in [6, 6.07) is 5.64. The Bertz CT molecular complexity index is 825. The van der Waals surface area contributed by atoms with Crippen molar-refractivity contribution in [3.05, 3.63) is 23.8 Å². The van der Waals surface area contributed by atoms with Gasteiger partial charge in [-0.15, -0.1) is 0 Å². The number of nitrogens with one attached hydrogen (secondary N) is 1. The maximum Gasteiger partial charge on any atom is 0.327 e. The fourth-order valence-electron chi connectivity index (χ4n) is 4.96. The molecule has 0 unspecified atom stereocenters. The van der Waals surface area contributed by atoms with Gasteiger partial charge < -0.3 is 15.1 Å². The summed E-state index contributed by atoms with van der Waals surface area (Å²) in [6.45, 7) is 3.86. The first-order valence-electron chi connectivity index (χ1n) is 10.7. The lowest BCUT2D eigenvalue weighted by Crippen LogP contribution is -2.49. The molecule has 1 aromatic rings. The Kier molecular flexibility index (Phi) is 5.23. The van der Waals surface area contributed by atoms with Crippen molar-refractivity contribution in [2.75, 3.05) is 36.9 Å². The summed E-state index contributed by atoms with van der Waals surface area (Å²) in [6.07, 6.45) is 6.76. The van der Waals surface area contributed by atoms with E-state index in [1.54, 1.807) is 11.9 Å². The largest absolute Gasteiger partial charge is 0.372 e. The SMILES string of the molecule is Cc1cc(N2CCCC2)ccc1NC(=O)CN1C(=O)N(C)C2(CCCCC2)C1=O. The van der Waals surface area contributed by atoms with Crippen molar-refractivity contribution in [3.63, 3.8) is 0 Å². The number of benzene rings is 1. The highest BCUT2D eigenvalue weighted by atomic mass is 16.2. The van der Waals surface area contributed by atoms with Gasteiger partial charge in [-0.1, -0.05) is 19.3 Å². The Hall–Kier alpha value is -2.57. The fourth-order valence-corrected chi connectivity index (χ4v) is 4.96. The molecule has 156 valence electrons. The number of anilines is 2. The van der Waals surface area contributed by atoms with E-state index in [0.717, 1.165) is 48.5 Å². The average molecular weight is 399 g/mol. The summed E-state index contributed by atoms with van der Waals surface area (Å²) in [5, 5.41) is 2.88. The van der Waals surface area contributed by atoms with Crippen LogP contribution in [0.25, 0.3) is 0 Å². The minimum Gasteiger partial charge on any atom is -0.372 e. The summed E-state index contributed by atoms with van der Waals surface area (Å²) < 4.78 is 0. The van der Waals surface area contributed by atoms with Crippen LogP contribution in [0.1, 0.15) is 50.5 Å².